The monoisotopic (exact) mass is 261 g/mol. The molecule has 0 amide bonds. The van der Waals surface area contributed by atoms with Crippen LogP contribution in [0.4, 0.5) is 0 Å². The van der Waals surface area contributed by atoms with Gasteiger partial charge in [0.15, 0.2) is 5.78 Å². The number of carbonyl (C=O) groups excluding carboxylic acids is 1. The third-order valence-electron chi connectivity index (χ3n) is 4.02. The normalized spacial score (nSPS) is 19.8. The van der Waals surface area contributed by atoms with Gasteiger partial charge in [-0.05, 0) is 50.4 Å². The number of carbonyl (C=O) groups is 1. The van der Waals surface area contributed by atoms with E-state index >= 15 is 0 Å². The summed E-state index contributed by atoms with van der Waals surface area (Å²) in [5.74, 6) is 0.901. The molecule has 104 valence electrons. The first-order valence-electron chi connectivity index (χ1n) is 7.07. The predicted octanol–water partition coefficient (Wildman–Crippen LogP) is 3.03. The Kier molecular flexibility index (Phi) is 4.59. The molecule has 1 aliphatic rings. The summed E-state index contributed by atoms with van der Waals surface area (Å²) >= 11 is 0. The zero-order valence-electron chi connectivity index (χ0n) is 12.1. The highest BCUT2D eigenvalue weighted by Crippen LogP contribution is 2.28. The maximum atomic E-state index is 12.7. The highest BCUT2D eigenvalue weighted by molar-refractivity contribution is 6.02. The molecule has 0 saturated carbocycles. The quantitative estimate of drug-likeness (QED) is 0.850. The Bertz CT molecular complexity index is 460. The van der Waals surface area contributed by atoms with Crippen LogP contribution in [0.25, 0.3) is 0 Å². The number of hydrogen-bond acceptors (Lipinski definition) is 3. The molecule has 0 radical (unpaired) electrons. The van der Waals surface area contributed by atoms with Gasteiger partial charge in [-0.2, -0.15) is 0 Å². The van der Waals surface area contributed by atoms with Gasteiger partial charge < -0.3 is 10.1 Å². The molecule has 0 bridgehead atoms. The molecule has 3 nitrogen and oxygen atoms in total. The molecule has 0 aromatic heterocycles. The van der Waals surface area contributed by atoms with E-state index in [9.17, 15) is 4.79 Å². The molecule has 2 rings (SSSR count). The maximum Gasteiger partial charge on any atom is 0.183 e. The minimum atomic E-state index is -0.0569. The van der Waals surface area contributed by atoms with Crippen molar-refractivity contribution in [1.82, 2.24) is 5.32 Å². The lowest BCUT2D eigenvalue weighted by atomic mass is 9.96. The number of benzene rings is 1. The second-order valence-corrected chi connectivity index (χ2v) is 5.31. The van der Waals surface area contributed by atoms with Crippen LogP contribution in [0.15, 0.2) is 12.1 Å². The number of rotatable bonds is 3. The lowest BCUT2D eigenvalue weighted by molar-refractivity contribution is 0.0937. The van der Waals surface area contributed by atoms with Crippen molar-refractivity contribution in [3.8, 4) is 5.75 Å². The minimum Gasteiger partial charge on any atom is -0.496 e. The molecule has 1 aromatic carbocycles. The summed E-state index contributed by atoms with van der Waals surface area (Å²) in [6, 6.07) is 3.84. The zero-order chi connectivity index (χ0) is 13.8. The Morgan fingerprint density at radius 3 is 2.79 bits per heavy atom. The molecule has 19 heavy (non-hydrogen) atoms. The van der Waals surface area contributed by atoms with Crippen LogP contribution in [0.5, 0.6) is 5.75 Å². The first-order valence-corrected chi connectivity index (χ1v) is 7.07. The summed E-state index contributed by atoms with van der Waals surface area (Å²) in [7, 11) is 1.64. The second kappa shape index (κ2) is 6.20. The number of nitrogens with one attached hydrogen (secondary N) is 1. The van der Waals surface area contributed by atoms with Crippen LogP contribution < -0.4 is 10.1 Å². The fourth-order valence-electron chi connectivity index (χ4n) is 2.69. The molecule has 1 N–H and O–H groups in total. The Balaban J connectivity index is 2.30. The summed E-state index contributed by atoms with van der Waals surface area (Å²) in [6.07, 6.45) is 4.42. The Morgan fingerprint density at radius 1 is 1.26 bits per heavy atom. The molecule has 3 heteroatoms. The van der Waals surface area contributed by atoms with Gasteiger partial charge in [0.2, 0.25) is 0 Å². The van der Waals surface area contributed by atoms with Gasteiger partial charge in [0.25, 0.3) is 0 Å². The molecule has 1 aromatic rings. The SMILES string of the molecule is COc1c(C(=O)C2CCCCCN2)ccc(C)c1C. The van der Waals surface area contributed by atoms with E-state index in [0.29, 0.717) is 5.56 Å². The van der Waals surface area contributed by atoms with E-state index in [1.807, 2.05) is 26.0 Å². The van der Waals surface area contributed by atoms with Gasteiger partial charge in [-0.1, -0.05) is 18.9 Å². The Morgan fingerprint density at radius 2 is 2.05 bits per heavy atom. The average molecular weight is 261 g/mol. The number of hydrogen-bond donors (Lipinski definition) is 1. The van der Waals surface area contributed by atoms with E-state index in [1.54, 1.807) is 7.11 Å². The predicted molar refractivity (Wildman–Crippen MR) is 77.1 cm³/mol. The van der Waals surface area contributed by atoms with E-state index < -0.39 is 0 Å². The highest BCUT2D eigenvalue weighted by Gasteiger charge is 2.24. The molecular weight excluding hydrogens is 238 g/mol. The van der Waals surface area contributed by atoms with Gasteiger partial charge >= 0.3 is 0 Å². The van der Waals surface area contributed by atoms with E-state index in [1.165, 1.54) is 6.42 Å². The molecule has 0 spiro atoms. The fourth-order valence-corrected chi connectivity index (χ4v) is 2.69. The van der Waals surface area contributed by atoms with E-state index in [0.717, 1.165) is 42.7 Å². The molecule has 1 saturated heterocycles. The summed E-state index contributed by atoms with van der Waals surface area (Å²) in [5, 5.41) is 3.36. The fraction of sp³-hybridized carbons (Fsp3) is 0.562. The number of ether oxygens (including phenoxy) is 1. The third-order valence-corrected chi connectivity index (χ3v) is 4.02. The molecular formula is C16H23NO2. The van der Waals surface area contributed by atoms with E-state index in [2.05, 4.69) is 5.32 Å². The van der Waals surface area contributed by atoms with Crippen molar-refractivity contribution >= 4 is 5.78 Å². The lowest BCUT2D eigenvalue weighted by Crippen LogP contribution is -2.36. The molecule has 1 aliphatic heterocycles. The standard InChI is InChI=1S/C16H23NO2/c1-11-8-9-13(16(19-3)12(11)2)15(18)14-7-5-4-6-10-17-14/h8-9,14,17H,4-7,10H2,1-3H3. The average Bonchev–Trinajstić information content (AvgIpc) is 2.70. The maximum absolute atomic E-state index is 12.7. The minimum absolute atomic E-state index is 0.0569. The van der Waals surface area contributed by atoms with Crippen LogP contribution in [0.1, 0.15) is 47.2 Å². The first kappa shape index (κ1) is 14.1. The van der Waals surface area contributed by atoms with Gasteiger partial charge in [-0.15, -0.1) is 0 Å². The number of Topliss-reactive ketones (excluding diaryl/α,β-unsaturated/α-hetero) is 1. The van der Waals surface area contributed by atoms with Gasteiger partial charge in [-0.25, -0.2) is 0 Å². The Hall–Kier alpha value is -1.35. The number of aryl methyl sites for hydroxylation is 1. The van der Waals surface area contributed by atoms with Crippen molar-refractivity contribution in [1.29, 1.82) is 0 Å². The Labute approximate surface area is 115 Å². The lowest BCUT2D eigenvalue weighted by Gasteiger charge is -2.18. The number of ketones is 1. The van der Waals surface area contributed by atoms with Crippen molar-refractivity contribution in [3.05, 3.63) is 28.8 Å². The zero-order valence-corrected chi connectivity index (χ0v) is 12.1. The second-order valence-electron chi connectivity index (χ2n) is 5.31. The summed E-state index contributed by atoms with van der Waals surface area (Å²) in [6.45, 7) is 4.98. The van der Waals surface area contributed by atoms with Gasteiger partial charge in [0.05, 0.1) is 18.7 Å². The van der Waals surface area contributed by atoms with E-state index in [4.69, 9.17) is 4.74 Å². The van der Waals surface area contributed by atoms with Gasteiger partial charge in [0, 0.05) is 0 Å². The molecule has 1 atom stereocenters. The van der Waals surface area contributed by atoms with Crippen molar-refractivity contribution in [2.45, 2.75) is 45.6 Å². The van der Waals surface area contributed by atoms with Crippen LogP contribution in [0, 0.1) is 13.8 Å². The van der Waals surface area contributed by atoms with Crippen LogP contribution in [-0.4, -0.2) is 25.5 Å². The van der Waals surface area contributed by atoms with Crippen LogP contribution in [0.3, 0.4) is 0 Å². The largest absolute Gasteiger partial charge is 0.496 e. The first-order chi connectivity index (χ1) is 9.15. The van der Waals surface area contributed by atoms with Crippen LogP contribution in [-0.2, 0) is 0 Å². The summed E-state index contributed by atoms with van der Waals surface area (Å²) in [5.41, 5.74) is 2.93. The van der Waals surface area contributed by atoms with Crippen LogP contribution in [0.2, 0.25) is 0 Å². The third kappa shape index (κ3) is 2.98. The summed E-state index contributed by atoms with van der Waals surface area (Å²) in [4.78, 5) is 12.7. The smallest absolute Gasteiger partial charge is 0.183 e. The van der Waals surface area contributed by atoms with Crippen LogP contribution >= 0.6 is 0 Å². The van der Waals surface area contributed by atoms with Gasteiger partial charge in [0.1, 0.15) is 5.75 Å². The van der Waals surface area contributed by atoms with Gasteiger partial charge in [-0.3, -0.25) is 4.79 Å². The van der Waals surface area contributed by atoms with Crippen molar-refractivity contribution in [2.75, 3.05) is 13.7 Å². The van der Waals surface area contributed by atoms with Crippen molar-refractivity contribution in [3.63, 3.8) is 0 Å². The number of methoxy groups -OCH3 is 1. The molecule has 1 heterocycles. The molecule has 1 fully saturated rings. The molecule has 1 unspecified atom stereocenters. The highest BCUT2D eigenvalue weighted by atomic mass is 16.5. The summed E-state index contributed by atoms with van der Waals surface area (Å²) < 4.78 is 5.45. The molecule has 0 aliphatic carbocycles. The van der Waals surface area contributed by atoms with E-state index in [-0.39, 0.29) is 11.8 Å². The van der Waals surface area contributed by atoms with Crippen molar-refractivity contribution < 1.29 is 9.53 Å². The van der Waals surface area contributed by atoms with Crippen molar-refractivity contribution in [2.24, 2.45) is 0 Å². The topological polar surface area (TPSA) is 38.3 Å².